The fourth-order valence-electron chi connectivity index (χ4n) is 1.75. The van der Waals surface area contributed by atoms with Crippen LogP contribution in [0.3, 0.4) is 0 Å². The van der Waals surface area contributed by atoms with E-state index in [1.165, 1.54) is 7.11 Å². The standard InChI is InChI=1S/C13H21NO3/c1-4-6-7-10(14-5-2)11-8-9-12(17-11)13(15)16-3/h8-10,14H,4-7H2,1-3H3. The van der Waals surface area contributed by atoms with Crippen molar-refractivity contribution >= 4 is 5.97 Å². The minimum atomic E-state index is -0.429. The normalized spacial score (nSPS) is 12.4. The molecule has 0 spiro atoms. The molecule has 1 atom stereocenters. The van der Waals surface area contributed by atoms with E-state index in [0.29, 0.717) is 0 Å². The summed E-state index contributed by atoms with van der Waals surface area (Å²) >= 11 is 0. The molecule has 0 aliphatic rings. The van der Waals surface area contributed by atoms with Crippen LogP contribution in [0.2, 0.25) is 0 Å². The number of rotatable bonds is 7. The van der Waals surface area contributed by atoms with E-state index in [9.17, 15) is 4.79 Å². The van der Waals surface area contributed by atoms with E-state index in [1.807, 2.05) is 6.07 Å². The highest BCUT2D eigenvalue weighted by Gasteiger charge is 2.17. The van der Waals surface area contributed by atoms with E-state index < -0.39 is 5.97 Å². The van der Waals surface area contributed by atoms with Gasteiger partial charge in [-0.25, -0.2) is 4.79 Å². The summed E-state index contributed by atoms with van der Waals surface area (Å²) in [4.78, 5) is 11.3. The van der Waals surface area contributed by atoms with Crippen molar-refractivity contribution in [3.8, 4) is 0 Å². The van der Waals surface area contributed by atoms with Crippen LogP contribution in [-0.4, -0.2) is 19.6 Å². The highest BCUT2D eigenvalue weighted by atomic mass is 16.5. The molecule has 1 unspecified atom stereocenters. The van der Waals surface area contributed by atoms with E-state index in [2.05, 4.69) is 23.9 Å². The lowest BCUT2D eigenvalue weighted by Gasteiger charge is -2.14. The fraction of sp³-hybridized carbons (Fsp3) is 0.615. The lowest BCUT2D eigenvalue weighted by Crippen LogP contribution is -2.20. The zero-order chi connectivity index (χ0) is 12.7. The maximum absolute atomic E-state index is 11.3. The Morgan fingerprint density at radius 3 is 2.82 bits per heavy atom. The smallest absolute Gasteiger partial charge is 0.373 e. The van der Waals surface area contributed by atoms with Gasteiger partial charge in [0, 0.05) is 0 Å². The van der Waals surface area contributed by atoms with Gasteiger partial charge in [-0.05, 0) is 25.1 Å². The van der Waals surface area contributed by atoms with Gasteiger partial charge in [-0.1, -0.05) is 26.7 Å². The van der Waals surface area contributed by atoms with Crippen LogP contribution in [0.1, 0.15) is 55.5 Å². The van der Waals surface area contributed by atoms with Gasteiger partial charge < -0.3 is 14.5 Å². The van der Waals surface area contributed by atoms with Crippen LogP contribution >= 0.6 is 0 Å². The number of hydrogen-bond donors (Lipinski definition) is 1. The number of nitrogens with one attached hydrogen (secondary N) is 1. The van der Waals surface area contributed by atoms with Crippen LogP contribution in [0.5, 0.6) is 0 Å². The maximum Gasteiger partial charge on any atom is 0.373 e. The van der Waals surface area contributed by atoms with E-state index in [4.69, 9.17) is 4.42 Å². The molecule has 0 bridgehead atoms. The summed E-state index contributed by atoms with van der Waals surface area (Å²) in [5, 5.41) is 3.36. The van der Waals surface area contributed by atoms with Crippen LogP contribution in [0, 0.1) is 0 Å². The molecular formula is C13H21NO3. The Hall–Kier alpha value is -1.29. The number of esters is 1. The van der Waals surface area contributed by atoms with Gasteiger partial charge in [0.15, 0.2) is 0 Å². The third-order valence-corrected chi connectivity index (χ3v) is 2.65. The average molecular weight is 239 g/mol. The first-order valence-electron chi connectivity index (χ1n) is 6.14. The van der Waals surface area contributed by atoms with Gasteiger partial charge in [0.2, 0.25) is 5.76 Å². The predicted molar refractivity (Wildman–Crippen MR) is 66.0 cm³/mol. The zero-order valence-corrected chi connectivity index (χ0v) is 10.8. The van der Waals surface area contributed by atoms with Crippen molar-refractivity contribution in [1.82, 2.24) is 5.32 Å². The van der Waals surface area contributed by atoms with E-state index >= 15 is 0 Å². The second-order valence-corrected chi connectivity index (χ2v) is 3.95. The van der Waals surface area contributed by atoms with Crippen molar-refractivity contribution in [2.45, 2.75) is 39.2 Å². The molecule has 1 aromatic rings. The summed E-state index contributed by atoms with van der Waals surface area (Å²) in [5.41, 5.74) is 0. The molecule has 0 fully saturated rings. The third-order valence-electron chi connectivity index (χ3n) is 2.65. The minimum Gasteiger partial charge on any atom is -0.463 e. The molecule has 0 radical (unpaired) electrons. The number of furan rings is 1. The number of methoxy groups -OCH3 is 1. The lowest BCUT2D eigenvalue weighted by atomic mass is 10.1. The molecular weight excluding hydrogens is 218 g/mol. The molecule has 96 valence electrons. The maximum atomic E-state index is 11.3. The van der Waals surface area contributed by atoms with E-state index in [-0.39, 0.29) is 11.8 Å². The zero-order valence-electron chi connectivity index (χ0n) is 10.8. The molecule has 0 aliphatic carbocycles. The highest BCUT2D eigenvalue weighted by Crippen LogP contribution is 2.22. The molecule has 1 heterocycles. The molecule has 0 saturated heterocycles. The predicted octanol–water partition coefficient (Wildman–Crippen LogP) is 2.91. The summed E-state index contributed by atoms with van der Waals surface area (Å²) in [6.07, 6.45) is 3.29. The molecule has 1 N–H and O–H groups in total. The van der Waals surface area contributed by atoms with Crippen LogP contribution < -0.4 is 5.32 Å². The van der Waals surface area contributed by atoms with Crippen molar-refractivity contribution in [3.63, 3.8) is 0 Å². The van der Waals surface area contributed by atoms with Crippen LogP contribution in [0.25, 0.3) is 0 Å². The van der Waals surface area contributed by atoms with Crippen molar-refractivity contribution in [1.29, 1.82) is 0 Å². The van der Waals surface area contributed by atoms with Gasteiger partial charge >= 0.3 is 5.97 Å². The van der Waals surface area contributed by atoms with Crippen molar-refractivity contribution < 1.29 is 13.9 Å². The Balaban J connectivity index is 2.72. The molecule has 0 amide bonds. The van der Waals surface area contributed by atoms with Crippen molar-refractivity contribution in [2.75, 3.05) is 13.7 Å². The van der Waals surface area contributed by atoms with Gasteiger partial charge in [0.25, 0.3) is 0 Å². The quantitative estimate of drug-likeness (QED) is 0.743. The Kier molecular flexibility index (Phi) is 5.77. The van der Waals surface area contributed by atoms with Crippen LogP contribution in [0.4, 0.5) is 0 Å². The first-order valence-corrected chi connectivity index (χ1v) is 6.14. The Bertz CT molecular complexity index is 346. The van der Waals surface area contributed by atoms with Crippen LogP contribution in [-0.2, 0) is 4.74 Å². The molecule has 0 aliphatic heterocycles. The number of ether oxygens (including phenoxy) is 1. The largest absolute Gasteiger partial charge is 0.463 e. The summed E-state index contributed by atoms with van der Waals surface area (Å²) in [6, 6.07) is 3.69. The van der Waals surface area contributed by atoms with Crippen LogP contribution in [0.15, 0.2) is 16.5 Å². The third kappa shape index (κ3) is 3.89. The van der Waals surface area contributed by atoms with Gasteiger partial charge in [-0.3, -0.25) is 0 Å². The number of carbonyl (C=O) groups excluding carboxylic acids is 1. The second kappa shape index (κ2) is 7.12. The number of carbonyl (C=O) groups is 1. The van der Waals surface area contributed by atoms with Gasteiger partial charge in [0.1, 0.15) is 5.76 Å². The minimum absolute atomic E-state index is 0.179. The summed E-state index contributed by atoms with van der Waals surface area (Å²) in [5.74, 6) is 0.643. The van der Waals surface area contributed by atoms with E-state index in [0.717, 1.165) is 31.6 Å². The molecule has 1 rings (SSSR count). The summed E-state index contributed by atoms with van der Waals surface area (Å²) in [7, 11) is 1.35. The van der Waals surface area contributed by atoms with Gasteiger partial charge in [-0.2, -0.15) is 0 Å². The van der Waals surface area contributed by atoms with Gasteiger partial charge in [0.05, 0.1) is 13.2 Å². The SMILES string of the molecule is CCCCC(NCC)c1ccc(C(=O)OC)o1. The topological polar surface area (TPSA) is 51.5 Å². The Morgan fingerprint density at radius 2 is 2.24 bits per heavy atom. The molecule has 1 aromatic heterocycles. The fourth-order valence-corrected chi connectivity index (χ4v) is 1.75. The molecule has 0 saturated carbocycles. The number of unbranched alkanes of at least 4 members (excludes halogenated alkanes) is 1. The first-order chi connectivity index (χ1) is 8.22. The second-order valence-electron chi connectivity index (χ2n) is 3.95. The summed E-state index contributed by atoms with van der Waals surface area (Å²) in [6.45, 7) is 5.09. The van der Waals surface area contributed by atoms with Crippen molar-refractivity contribution in [2.24, 2.45) is 0 Å². The number of hydrogen-bond acceptors (Lipinski definition) is 4. The lowest BCUT2D eigenvalue weighted by molar-refractivity contribution is 0.0562. The summed E-state index contributed by atoms with van der Waals surface area (Å²) < 4.78 is 10.1. The molecule has 4 nitrogen and oxygen atoms in total. The Labute approximate surface area is 102 Å². The monoisotopic (exact) mass is 239 g/mol. The van der Waals surface area contributed by atoms with E-state index in [1.54, 1.807) is 6.07 Å². The first kappa shape index (κ1) is 13.8. The van der Waals surface area contributed by atoms with Gasteiger partial charge in [-0.15, -0.1) is 0 Å². The molecule has 4 heteroatoms. The molecule has 0 aromatic carbocycles. The average Bonchev–Trinajstić information content (AvgIpc) is 2.83. The highest BCUT2D eigenvalue weighted by molar-refractivity contribution is 5.86. The molecule has 17 heavy (non-hydrogen) atoms. The Morgan fingerprint density at radius 1 is 1.47 bits per heavy atom. The van der Waals surface area contributed by atoms with Crippen molar-refractivity contribution in [3.05, 3.63) is 23.7 Å².